The summed E-state index contributed by atoms with van der Waals surface area (Å²) in [5.74, 6) is 0. The molecule has 2 atom stereocenters. The van der Waals surface area contributed by atoms with E-state index in [1.807, 2.05) is 23.6 Å². The summed E-state index contributed by atoms with van der Waals surface area (Å²) in [4.78, 5) is 15.9. The van der Waals surface area contributed by atoms with E-state index in [4.69, 9.17) is 4.74 Å². The van der Waals surface area contributed by atoms with Crippen LogP contribution in [0.2, 0.25) is 0 Å². The fraction of sp³-hybridized carbons (Fsp3) is 0.909. The van der Waals surface area contributed by atoms with E-state index in [1.54, 1.807) is 0 Å². The maximum absolute atomic E-state index is 12.1. The Morgan fingerprint density at radius 2 is 1.80 bits per heavy atom. The lowest BCUT2D eigenvalue weighted by molar-refractivity contribution is -0.0282. The van der Waals surface area contributed by atoms with E-state index in [1.165, 1.54) is 0 Å². The van der Waals surface area contributed by atoms with Crippen molar-refractivity contribution >= 4 is 6.03 Å². The van der Waals surface area contributed by atoms with E-state index in [0.717, 1.165) is 39.0 Å². The number of nitrogens with zero attached hydrogens (tertiary/aromatic N) is 2. The Morgan fingerprint density at radius 1 is 1.27 bits per heavy atom. The Bertz CT molecular complexity index is 229. The summed E-state index contributed by atoms with van der Waals surface area (Å²) in [5.41, 5.74) is 0. The van der Waals surface area contributed by atoms with Gasteiger partial charge in [-0.3, -0.25) is 0 Å². The fourth-order valence-corrected chi connectivity index (χ4v) is 2.47. The van der Waals surface area contributed by atoms with Crippen LogP contribution < -0.4 is 0 Å². The molecular weight excluding hydrogens is 192 g/mol. The molecule has 0 radical (unpaired) electrons. The summed E-state index contributed by atoms with van der Waals surface area (Å²) in [5, 5.41) is 0. The average molecular weight is 212 g/mol. The number of carbonyl (C=O) groups is 1. The minimum atomic E-state index is 0.181. The highest BCUT2D eigenvalue weighted by Crippen LogP contribution is 2.26. The molecule has 0 saturated carbocycles. The van der Waals surface area contributed by atoms with Crippen molar-refractivity contribution in [1.29, 1.82) is 0 Å². The van der Waals surface area contributed by atoms with Gasteiger partial charge in [-0.2, -0.15) is 0 Å². The van der Waals surface area contributed by atoms with Gasteiger partial charge in [0.25, 0.3) is 0 Å². The van der Waals surface area contributed by atoms with Gasteiger partial charge in [-0.05, 0) is 26.7 Å². The van der Waals surface area contributed by atoms with E-state index >= 15 is 0 Å². The van der Waals surface area contributed by atoms with Gasteiger partial charge in [0.05, 0.1) is 12.2 Å². The van der Waals surface area contributed by atoms with Gasteiger partial charge >= 0.3 is 6.03 Å². The van der Waals surface area contributed by atoms with Crippen LogP contribution in [0.1, 0.15) is 26.7 Å². The standard InChI is InChI=1S/C11H20N2O2/c1-3-12(4-2)11(14)13-7-9-5-6-10(8-13)15-9/h9-10H,3-8H2,1-2H3. The van der Waals surface area contributed by atoms with Crippen LogP contribution in [0, 0.1) is 0 Å². The van der Waals surface area contributed by atoms with Gasteiger partial charge in [0.2, 0.25) is 0 Å². The van der Waals surface area contributed by atoms with Crippen LogP contribution in [-0.2, 0) is 4.74 Å². The molecule has 2 fully saturated rings. The van der Waals surface area contributed by atoms with Crippen molar-refractivity contribution in [1.82, 2.24) is 9.80 Å². The number of ether oxygens (including phenoxy) is 1. The molecule has 2 heterocycles. The SMILES string of the molecule is CCN(CC)C(=O)N1CC2CCC(C1)O2. The second kappa shape index (κ2) is 4.39. The number of urea groups is 1. The first-order chi connectivity index (χ1) is 7.24. The van der Waals surface area contributed by atoms with E-state index < -0.39 is 0 Å². The first-order valence-corrected chi connectivity index (χ1v) is 5.93. The molecule has 2 aliphatic heterocycles. The van der Waals surface area contributed by atoms with Gasteiger partial charge < -0.3 is 14.5 Å². The summed E-state index contributed by atoms with van der Waals surface area (Å²) in [6, 6.07) is 0.181. The number of carbonyl (C=O) groups excluding carboxylic acids is 1. The zero-order chi connectivity index (χ0) is 10.8. The van der Waals surface area contributed by atoms with Crippen LogP contribution in [-0.4, -0.2) is 54.2 Å². The Kier molecular flexibility index (Phi) is 3.14. The lowest BCUT2D eigenvalue weighted by atomic mass is 10.2. The van der Waals surface area contributed by atoms with Crippen LogP contribution in [0.25, 0.3) is 0 Å². The average Bonchev–Trinajstić information content (AvgIpc) is 2.59. The van der Waals surface area contributed by atoms with Gasteiger partial charge in [0, 0.05) is 26.2 Å². The minimum Gasteiger partial charge on any atom is -0.371 e. The molecule has 4 heteroatoms. The molecule has 0 aromatic rings. The third-order valence-corrected chi connectivity index (χ3v) is 3.35. The number of rotatable bonds is 2. The number of hydrogen-bond acceptors (Lipinski definition) is 2. The highest BCUT2D eigenvalue weighted by molar-refractivity contribution is 5.74. The second-order valence-corrected chi connectivity index (χ2v) is 4.32. The number of morpholine rings is 1. The molecule has 2 saturated heterocycles. The van der Waals surface area contributed by atoms with Crippen molar-refractivity contribution in [3.8, 4) is 0 Å². The zero-order valence-corrected chi connectivity index (χ0v) is 9.61. The van der Waals surface area contributed by atoms with Gasteiger partial charge in [0.1, 0.15) is 0 Å². The maximum Gasteiger partial charge on any atom is 0.320 e. The topological polar surface area (TPSA) is 32.8 Å². The Morgan fingerprint density at radius 3 is 2.27 bits per heavy atom. The molecule has 2 bridgehead atoms. The molecule has 0 spiro atoms. The molecule has 15 heavy (non-hydrogen) atoms. The van der Waals surface area contributed by atoms with Crippen molar-refractivity contribution in [3.05, 3.63) is 0 Å². The Labute approximate surface area is 91.2 Å². The normalized spacial score (nSPS) is 29.3. The zero-order valence-electron chi connectivity index (χ0n) is 9.61. The van der Waals surface area contributed by atoms with Crippen molar-refractivity contribution in [2.24, 2.45) is 0 Å². The van der Waals surface area contributed by atoms with Gasteiger partial charge in [-0.15, -0.1) is 0 Å². The lowest BCUT2D eigenvalue weighted by Gasteiger charge is -2.35. The van der Waals surface area contributed by atoms with Crippen molar-refractivity contribution in [2.45, 2.75) is 38.9 Å². The monoisotopic (exact) mass is 212 g/mol. The van der Waals surface area contributed by atoms with Crippen LogP contribution in [0.15, 0.2) is 0 Å². The second-order valence-electron chi connectivity index (χ2n) is 4.32. The van der Waals surface area contributed by atoms with Gasteiger partial charge in [0.15, 0.2) is 0 Å². The van der Waals surface area contributed by atoms with Crippen LogP contribution in [0.4, 0.5) is 4.79 Å². The van der Waals surface area contributed by atoms with Gasteiger partial charge in [-0.25, -0.2) is 4.79 Å². The molecule has 0 aromatic heterocycles. The smallest absolute Gasteiger partial charge is 0.320 e. The van der Waals surface area contributed by atoms with Crippen LogP contribution in [0.5, 0.6) is 0 Å². The largest absolute Gasteiger partial charge is 0.371 e. The molecule has 86 valence electrons. The summed E-state index contributed by atoms with van der Waals surface area (Å²) in [6.07, 6.45) is 2.82. The summed E-state index contributed by atoms with van der Waals surface area (Å²) >= 11 is 0. The maximum atomic E-state index is 12.1. The van der Waals surface area contributed by atoms with E-state index in [2.05, 4.69) is 0 Å². The van der Waals surface area contributed by atoms with E-state index in [0.29, 0.717) is 12.2 Å². The molecule has 4 nitrogen and oxygen atoms in total. The van der Waals surface area contributed by atoms with E-state index in [9.17, 15) is 4.79 Å². The molecule has 2 unspecified atom stereocenters. The predicted molar refractivity (Wildman–Crippen MR) is 57.8 cm³/mol. The predicted octanol–water partition coefficient (Wildman–Crippen LogP) is 1.31. The first-order valence-electron chi connectivity index (χ1n) is 5.93. The number of amides is 2. The molecule has 2 amide bonds. The summed E-state index contributed by atoms with van der Waals surface area (Å²) in [7, 11) is 0. The number of likely N-dealkylation sites (tertiary alicyclic amines) is 1. The Balaban J connectivity index is 1.96. The summed E-state index contributed by atoms with van der Waals surface area (Å²) in [6.45, 7) is 7.20. The van der Waals surface area contributed by atoms with Gasteiger partial charge in [-0.1, -0.05) is 0 Å². The third-order valence-electron chi connectivity index (χ3n) is 3.35. The number of fused-ring (bicyclic) bond motifs is 2. The Hall–Kier alpha value is -0.770. The van der Waals surface area contributed by atoms with Crippen LogP contribution in [0.3, 0.4) is 0 Å². The van der Waals surface area contributed by atoms with Crippen LogP contribution >= 0.6 is 0 Å². The highest BCUT2D eigenvalue weighted by Gasteiger charge is 2.36. The van der Waals surface area contributed by atoms with Crippen molar-refractivity contribution in [3.63, 3.8) is 0 Å². The van der Waals surface area contributed by atoms with E-state index in [-0.39, 0.29) is 6.03 Å². The lowest BCUT2D eigenvalue weighted by Crippen LogP contribution is -2.51. The molecular formula is C11H20N2O2. The molecule has 0 aromatic carbocycles. The molecule has 2 aliphatic rings. The fourth-order valence-electron chi connectivity index (χ4n) is 2.47. The quantitative estimate of drug-likeness (QED) is 0.691. The summed E-state index contributed by atoms with van der Waals surface area (Å²) < 4.78 is 5.71. The highest BCUT2D eigenvalue weighted by atomic mass is 16.5. The number of hydrogen-bond donors (Lipinski definition) is 0. The molecule has 0 aliphatic carbocycles. The molecule has 0 N–H and O–H groups in total. The first kappa shape index (κ1) is 10.7. The third kappa shape index (κ3) is 2.09. The molecule has 2 rings (SSSR count). The minimum absolute atomic E-state index is 0.181. The van der Waals surface area contributed by atoms with Crippen molar-refractivity contribution < 1.29 is 9.53 Å². The van der Waals surface area contributed by atoms with Crippen molar-refractivity contribution in [2.75, 3.05) is 26.2 Å².